The van der Waals surface area contributed by atoms with Crippen LogP contribution in [0.25, 0.3) is 0 Å². The molecule has 14 nitrogen and oxygen atoms in total. The number of rotatable bonds is 10. The van der Waals surface area contributed by atoms with Crippen LogP contribution < -0.4 is 5.32 Å². The van der Waals surface area contributed by atoms with E-state index in [0.717, 1.165) is 31.1 Å². The zero-order chi connectivity index (χ0) is 29.2. The van der Waals surface area contributed by atoms with E-state index in [2.05, 4.69) is 12.2 Å². The minimum absolute atomic E-state index is 0.342. The first-order chi connectivity index (χ1) is 18.3. The fourth-order valence-corrected chi connectivity index (χ4v) is 6.27. The fourth-order valence-electron chi connectivity index (χ4n) is 5.59. The number of likely N-dealkylation sites (N-methyl/N-ethyl adjacent to an activating group) is 1. The molecule has 3 saturated heterocycles. The lowest BCUT2D eigenvalue weighted by molar-refractivity contribution is -0.333. The van der Waals surface area contributed by atoms with Crippen LogP contribution >= 0.6 is 11.8 Å². The number of likely N-dealkylation sites (tertiary alicyclic amines) is 1. The van der Waals surface area contributed by atoms with E-state index in [9.17, 15) is 45.3 Å². The molecular formula is C24H42N2O12S. The van der Waals surface area contributed by atoms with Gasteiger partial charge in [0, 0.05) is 6.54 Å². The van der Waals surface area contributed by atoms with Crippen LogP contribution in [0.3, 0.4) is 0 Å². The summed E-state index contributed by atoms with van der Waals surface area (Å²) in [7, 11) is 1.84. The van der Waals surface area contributed by atoms with Crippen molar-refractivity contribution in [2.75, 3.05) is 19.8 Å². The topological polar surface area (TPSA) is 219 Å². The first kappa shape index (κ1) is 32.4. The summed E-state index contributed by atoms with van der Waals surface area (Å²) in [6.45, 7) is 4.22. The molecule has 15 heteroatoms. The molecule has 8 N–H and O–H groups in total. The average Bonchev–Trinajstić information content (AvgIpc) is 3.25. The summed E-state index contributed by atoms with van der Waals surface area (Å²) in [6.07, 6.45) is -12.8. The highest BCUT2D eigenvalue weighted by Gasteiger charge is 2.54. The monoisotopic (exact) mass is 582 g/mol. The van der Waals surface area contributed by atoms with Gasteiger partial charge in [-0.3, -0.25) is 9.69 Å². The number of aliphatic hydroxyl groups is 6. The van der Waals surface area contributed by atoms with Crippen molar-refractivity contribution in [3.63, 3.8) is 0 Å². The summed E-state index contributed by atoms with van der Waals surface area (Å²) in [6, 6.07) is -1.63. The van der Waals surface area contributed by atoms with Crippen molar-refractivity contribution in [1.29, 1.82) is 0 Å². The van der Waals surface area contributed by atoms with Crippen LogP contribution in [0, 0.1) is 5.92 Å². The van der Waals surface area contributed by atoms with Gasteiger partial charge in [0.05, 0.1) is 18.2 Å². The molecule has 39 heavy (non-hydrogen) atoms. The molecule has 0 aromatic rings. The van der Waals surface area contributed by atoms with Gasteiger partial charge in [-0.05, 0) is 39.0 Å². The summed E-state index contributed by atoms with van der Waals surface area (Å²) >= 11 is 1.07. The Hall–Kier alpha value is -1.11. The lowest BCUT2D eigenvalue weighted by atomic mass is 9.91. The number of aliphatic carboxylic acids is 1. The second-order valence-corrected chi connectivity index (χ2v) is 11.6. The summed E-state index contributed by atoms with van der Waals surface area (Å²) in [5, 5.41) is 75.1. The molecule has 0 bridgehead atoms. The van der Waals surface area contributed by atoms with Crippen molar-refractivity contribution in [3.8, 4) is 0 Å². The number of amides is 1. The molecule has 14 atom stereocenters. The highest BCUT2D eigenvalue weighted by atomic mass is 32.2. The second kappa shape index (κ2) is 13.7. The predicted octanol–water partition coefficient (Wildman–Crippen LogP) is -2.94. The minimum Gasteiger partial charge on any atom is -0.479 e. The molecule has 0 saturated carbocycles. The Morgan fingerprint density at radius 3 is 2.31 bits per heavy atom. The van der Waals surface area contributed by atoms with Gasteiger partial charge in [0.2, 0.25) is 5.91 Å². The van der Waals surface area contributed by atoms with Gasteiger partial charge in [-0.2, -0.15) is 0 Å². The normalized spacial score (nSPS) is 43.1. The number of carboxylic acids is 1. The largest absolute Gasteiger partial charge is 0.479 e. The first-order valence-electron chi connectivity index (χ1n) is 13.1. The van der Waals surface area contributed by atoms with Crippen molar-refractivity contribution in [2.24, 2.45) is 5.92 Å². The number of carboxylic acid groups (broad SMARTS) is 1. The second-order valence-electron chi connectivity index (χ2n) is 10.6. The number of hydrogen-bond acceptors (Lipinski definition) is 13. The molecule has 0 radical (unpaired) electrons. The van der Waals surface area contributed by atoms with Gasteiger partial charge >= 0.3 is 5.97 Å². The van der Waals surface area contributed by atoms with Crippen LogP contribution in [-0.2, 0) is 23.8 Å². The van der Waals surface area contributed by atoms with Crippen LogP contribution in [0.5, 0.6) is 0 Å². The van der Waals surface area contributed by atoms with E-state index in [1.807, 2.05) is 11.9 Å². The molecule has 3 rings (SSSR count). The smallest absolute Gasteiger partial charge is 0.335 e. The van der Waals surface area contributed by atoms with Gasteiger partial charge in [-0.15, -0.1) is 11.8 Å². The summed E-state index contributed by atoms with van der Waals surface area (Å²) in [5.41, 5.74) is -0.984. The maximum atomic E-state index is 13.3. The average molecular weight is 583 g/mol. The zero-order valence-corrected chi connectivity index (χ0v) is 23.3. The summed E-state index contributed by atoms with van der Waals surface area (Å²) < 4.78 is 16.9. The van der Waals surface area contributed by atoms with E-state index in [4.69, 9.17) is 14.2 Å². The number of nitrogens with zero attached hydrogens (tertiary/aromatic N) is 1. The number of hydrogen-bond donors (Lipinski definition) is 8. The van der Waals surface area contributed by atoms with Crippen LogP contribution in [0.2, 0.25) is 0 Å². The van der Waals surface area contributed by atoms with E-state index in [0.29, 0.717) is 12.3 Å². The molecule has 226 valence electrons. The van der Waals surface area contributed by atoms with Crippen LogP contribution in [0.15, 0.2) is 0 Å². The molecule has 0 aromatic carbocycles. The zero-order valence-electron chi connectivity index (χ0n) is 22.4. The third kappa shape index (κ3) is 7.04. The number of carbonyl (C=O) groups is 2. The van der Waals surface area contributed by atoms with Crippen molar-refractivity contribution in [1.82, 2.24) is 10.2 Å². The highest BCUT2D eigenvalue weighted by molar-refractivity contribution is 7.99. The Bertz CT molecular complexity index is 839. The van der Waals surface area contributed by atoms with Crippen molar-refractivity contribution in [2.45, 2.75) is 112 Å². The fraction of sp³-hybridized carbons (Fsp3) is 0.917. The SMILES string of the molecule is CCC[C@@H]1C[C@@H](C(=O)N[C@@H]([C@H]2O[C@H](SC)[C@H](O)[C@@H](O)[C@H]2OC2OC(C(=O)O)C(O)C(O)C2O)[C@@H](C)O)N(C)C1. The molecule has 3 fully saturated rings. The van der Waals surface area contributed by atoms with E-state index in [1.165, 1.54) is 6.92 Å². The van der Waals surface area contributed by atoms with Gasteiger partial charge in [0.1, 0.15) is 48.2 Å². The van der Waals surface area contributed by atoms with Gasteiger partial charge in [0.15, 0.2) is 12.4 Å². The lowest BCUT2D eigenvalue weighted by Gasteiger charge is -2.48. The number of nitrogens with one attached hydrogen (secondary N) is 1. The number of thioether (sulfide) groups is 1. The Labute approximate surface area is 231 Å². The Morgan fingerprint density at radius 2 is 1.74 bits per heavy atom. The third-order valence-electron chi connectivity index (χ3n) is 7.73. The van der Waals surface area contributed by atoms with Crippen LogP contribution in [-0.4, -0.2) is 151 Å². The standard InChI is InChI=1S/C24H42N2O12S/c1-5-6-10-7-11(26(3)8-10)21(33)25-12(9(2)27)18-19(15(30)17(32)24(38-18)39-4)36-23-16(31)13(28)14(29)20(37-23)22(34)35/h9-20,23-24,27-32H,5-8H2,1-4H3,(H,25,33)(H,34,35)/t9-,10-,11+,12-,13?,14?,15-,16?,17-,18-,19-,20?,23?,24-/m1/s1. The van der Waals surface area contributed by atoms with Gasteiger partial charge in [0.25, 0.3) is 0 Å². The predicted molar refractivity (Wildman–Crippen MR) is 136 cm³/mol. The number of ether oxygens (including phenoxy) is 3. The van der Waals surface area contributed by atoms with Crippen LogP contribution in [0.1, 0.15) is 33.1 Å². The maximum absolute atomic E-state index is 13.3. The Kier molecular flexibility index (Phi) is 11.4. The van der Waals surface area contributed by atoms with Crippen molar-refractivity contribution >= 4 is 23.6 Å². The Morgan fingerprint density at radius 1 is 1.08 bits per heavy atom. The van der Waals surface area contributed by atoms with E-state index >= 15 is 0 Å². The van der Waals surface area contributed by atoms with Crippen molar-refractivity contribution < 1.29 is 59.5 Å². The molecule has 3 aliphatic heterocycles. The molecule has 1 amide bonds. The number of aliphatic hydroxyl groups excluding tert-OH is 6. The van der Waals surface area contributed by atoms with Crippen LogP contribution in [0.4, 0.5) is 0 Å². The van der Waals surface area contributed by atoms with E-state index < -0.39 is 84.7 Å². The first-order valence-corrected chi connectivity index (χ1v) is 14.4. The molecule has 0 aromatic heterocycles. The molecule has 3 aliphatic rings. The van der Waals surface area contributed by atoms with E-state index in [-0.39, 0.29) is 5.91 Å². The van der Waals surface area contributed by atoms with Crippen molar-refractivity contribution in [3.05, 3.63) is 0 Å². The lowest BCUT2D eigenvalue weighted by Crippen LogP contribution is -2.68. The Balaban J connectivity index is 1.86. The van der Waals surface area contributed by atoms with E-state index in [1.54, 1.807) is 6.26 Å². The van der Waals surface area contributed by atoms with Gasteiger partial charge in [-0.1, -0.05) is 13.3 Å². The van der Waals surface area contributed by atoms with Gasteiger partial charge in [-0.25, -0.2) is 4.79 Å². The molecule has 0 spiro atoms. The minimum atomic E-state index is -1.96. The molecular weight excluding hydrogens is 540 g/mol. The van der Waals surface area contributed by atoms with Gasteiger partial charge < -0.3 is 55.3 Å². The summed E-state index contributed by atoms with van der Waals surface area (Å²) in [5.74, 6) is -1.66. The quantitative estimate of drug-likeness (QED) is 0.129. The summed E-state index contributed by atoms with van der Waals surface area (Å²) in [4.78, 5) is 26.8. The number of carbonyl (C=O) groups excluding carboxylic acids is 1. The maximum Gasteiger partial charge on any atom is 0.335 e. The highest BCUT2D eigenvalue weighted by Crippen LogP contribution is 2.34. The third-order valence-corrected chi connectivity index (χ3v) is 8.59. The molecule has 0 aliphatic carbocycles. The molecule has 3 heterocycles. The molecule has 5 unspecified atom stereocenters.